The fourth-order valence-electron chi connectivity index (χ4n) is 0.475. The molecule has 0 aromatic heterocycles. The maximum atomic E-state index is 5.76. The van der Waals surface area contributed by atoms with Crippen molar-refractivity contribution in [2.45, 2.75) is 44.9 Å². The standard InChI is InChI=1S/C8H19NS/c1-5-7(9)6-10-8(2,3)4/h7H,5-6,9H2,1-4H3. The lowest BCUT2D eigenvalue weighted by molar-refractivity contribution is 0.714. The van der Waals surface area contributed by atoms with Gasteiger partial charge in [-0.2, -0.15) is 11.8 Å². The molecule has 62 valence electrons. The highest BCUT2D eigenvalue weighted by molar-refractivity contribution is 8.00. The summed E-state index contributed by atoms with van der Waals surface area (Å²) in [4.78, 5) is 0. The van der Waals surface area contributed by atoms with Crippen LogP contribution in [-0.4, -0.2) is 16.5 Å². The van der Waals surface area contributed by atoms with E-state index in [1.165, 1.54) is 0 Å². The largest absolute Gasteiger partial charge is 0.327 e. The lowest BCUT2D eigenvalue weighted by Gasteiger charge is -2.19. The lowest BCUT2D eigenvalue weighted by Crippen LogP contribution is -2.24. The normalized spacial score (nSPS) is 15.3. The van der Waals surface area contributed by atoms with Crippen molar-refractivity contribution in [3.8, 4) is 0 Å². The Kier molecular flexibility index (Phi) is 4.37. The van der Waals surface area contributed by atoms with Gasteiger partial charge in [0.1, 0.15) is 0 Å². The van der Waals surface area contributed by atoms with Gasteiger partial charge in [-0.05, 0) is 6.42 Å². The number of rotatable bonds is 3. The van der Waals surface area contributed by atoms with Gasteiger partial charge < -0.3 is 5.73 Å². The maximum Gasteiger partial charge on any atom is 0.0128 e. The molecule has 0 saturated carbocycles. The molecule has 2 heteroatoms. The molecule has 0 rings (SSSR count). The van der Waals surface area contributed by atoms with Gasteiger partial charge in [0.2, 0.25) is 0 Å². The summed E-state index contributed by atoms with van der Waals surface area (Å²) in [5, 5.41) is 0. The molecule has 1 nitrogen and oxygen atoms in total. The SMILES string of the molecule is CCC(N)CSC(C)(C)C. The van der Waals surface area contributed by atoms with E-state index < -0.39 is 0 Å². The molecule has 0 aromatic carbocycles. The number of hydrogen-bond acceptors (Lipinski definition) is 2. The van der Waals surface area contributed by atoms with E-state index in [1.807, 2.05) is 11.8 Å². The van der Waals surface area contributed by atoms with E-state index in [2.05, 4.69) is 27.7 Å². The van der Waals surface area contributed by atoms with Crippen molar-refractivity contribution in [1.82, 2.24) is 0 Å². The van der Waals surface area contributed by atoms with Crippen LogP contribution < -0.4 is 5.73 Å². The summed E-state index contributed by atoms with van der Waals surface area (Å²) in [7, 11) is 0. The smallest absolute Gasteiger partial charge is 0.0128 e. The minimum atomic E-state index is 0.368. The van der Waals surface area contributed by atoms with Crippen LogP contribution in [-0.2, 0) is 0 Å². The van der Waals surface area contributed by atoms with Gasteiger partial charge in [-0.1, -0.05) is 27.7 Å². The third-order valence-corrected chi connectivity index (χ3v) is 2.72. The Morgan fingerprint density at radius 3 is 2.20 bits per heavy atom. The predicted octanol–water partition coefficient (Wildman–Crippen LogP) is 2.26. The van der Waals surface area contributed by atoms with Crippen LogP contribution in [0.2, 0.25) is 0 Å². The maximum absolute atomic E-state index is 5.76. The monoisotopic (exact) mass is 161 g/mol. The quantitative estimate of drug-likeness (QED) is 0.687. The Morgan fingerprint density at radius 1 is 1.40 bits per heavy atom. The van der Waals surface area contributed by atoms with E-state index in [0.717, 1.165) is 12.2 Å². The average molecular weight is 161 g/mol. The van der Waals surface area contributed by atoms with Crippen LogP contribution in [0.5, 0.6) is 0 Å². The van der Waals surface area contributed by atoms with Gasteiger partial charge in [0.15, 0.2) is 0 Å². The summed E-state index contributed by atoms with van der Waals surface area (Å²) < 4.78 is 0.368. The van der Waals surface area contributed by atoms with E-state index >= 15 is 0 Å². The van der Waals surface area contributed by atoms with Crippen LogP contribution in [0.1, 0.15) is 34.1 Å². The number of hydrogen-bond donors (Lipinski definition) is 1. The van der Waals surface area contributed by atoms with Crippen LogP contribution in [0.3, 0.4) is 0 Å². The highest BCUT2D eigenvalue weighted by atomic mass is 32.2. The minimum Gasteiger partial charge on any atom is -0.327 e. The van der Waals surface area contributed by atoms with Crippen molar-refractivity contribution in [2.24, 2.45) is 5.73 Å². The summed E-state index contributed by atoms with van der Waals surface area (Å²) in [5.74, 6) is 1.08. The molecule has 2 N–H and O–H groups in total. The van der Waals surface area contributed by atoms with Gasteiger partial charge in [0.05, 0.1) is 0 Å². The van der Waals surface area contributed by atoms with E-state index in [9.17, 15) is 0 Å². The molecule has 1 unspecified atom stereocenters. The molecule has 0 amide bonds. The Morgan fingerprint density at radius 2 is 1.90 bits per heavy atom. The fourth-order valence-corrected chi connectivity index (χ4v) is 1.42. The molecule has 0 aromatic rings. The van der Waals surface area contributed by atoms with E-state index in [0.29, 0.717) is 10.8 Å². The first-order chi connectivity index (χ1) is 4.45. The molecule has 0 saturated heterocycles. The third-order valence-electron chi connectivity index (χ3n) is 1.25. The van der Waals surface area contributed by atoms with Crippen LogP contribution in [0.4, 0.5) is 0 Å². The number of nitrogens with two attached hydrogens (primary N) is 1. The molecule has 0 aliphatic carbocycles. The molecule has 10 heavy (non-hydrogen) atoms. The molecular weight excluding hydrogens is 142 g/mol. The van der Waals surface area contributed by atoms with Crippen molar-refractivity contribution in [1.29, 1.82) is 0 Å². The van der Waals surface area contributed by atoms with Crippen molar-refractivity contribution in [3.05, 3.63) is 0 Å². The second-order valence-electron chi connectivity index (χ2n) is 3.59. The summed E-state index contributed by atoms with van der Waals surface area (Å²) >= 11 is 1.94. The first-order valence-electron chi connectivity index (χ1n) is 3.85. The van der Waals surface area contributed by atoms with Crippen molar-refractivity contribution in [2.75, 3.05) is 5.75 Å². The van der Waals surface area contributed by atoms with Crippen LogP contribution >= 0.6 is 11.8 Å². The van der Waals surface area contributed by atoms with Gasteiger partial charge in [0.25, 0.3) is 0 Å². The third kappa shape index (κ3) is 6.43. The molecule has 0 radical (unpaired) electrons. The molecule has 0 aliphatic rings. The topological polar surface area (TPSA) is 26.0 Å². The molecule has 0 aliphatic heterocycles. The van der Waals surface area contributed by atoms with Crippen LogP contribution in [0, 0.1) is 0 Å². The van der Waals surface area contributed by atoms with Gasteiger partial charge in [-0.25, -0.2) is 0 Å². The average Bonchev–Trinajstić information content (AvgIpc) is 1.81. The van der Waals surface area contributed by atoms with Crippen molar-refractivity contribution < 1.29 is 0 Å². The van der Waals surface area contributed by atoms with E-state index in [1.54, 1.807) is 0 Å². The molecular formula is C8H19NS. The second kappa shape index (κ2) is 4.24. The molecule has 0 fully saturated rings. The Balaban J connectivity index is 3.36. The molecule has 1 atom stereocenters. The first-order valence-corrected chi connectivity index (χ1v) is 4.84. The van der Waals surface area contributed by atoms with Gasteiger partial charge in [-0.3, -0.25) is 0 Å². The van der Waals surface area contributed by atoms with Crippen LogP contribution in [0.15, 0.2) is 0 Å². The Hall–Kier alpha value is 0.310. The lowest BCUT2D eigenvalue weighted by atomic mass is 10.3. The summed E-state index contributed by atoms with van der Waals surface area (Å²) in [5.41, 5.74) is 5.76. The van der Waals surface area contributed by atoms with Gasteiger partial charge in [0, 0.05) is 16.5 Å². The highest BCUT2D eigenvalue weighted by Crippen LogP contribution is 2.23. The second-order valence-corrected chi connectivity index (χ2v) is 5.44. The predicted molar refractivity (Wildman–Crippen MR) is 50.5 cm³/mol. The summed E-state index contributed by atoms with van der Waals surface area (Å²) in [6, 6.07) is 0.379. The van der Waals surface area contributed by atoms with Crippen LogP contribution in [0.25, 0.3) is 0 Å². The van der Waals surface area contributed by atoms with E-state index in [-0.39, 0.29) is 0 Å². The summed E-state index contributed by atoms with van der Waals surface area (Å²) in [6.45, 7) is 8.80. The molecule has 0 heterocycles. The minimum absolute atomic E-state index is 0.368. The Bertz CT molecular complexity index is 85.7. The van der Waals surface area contributed by atoms with Gasteiger partial charge >= 0.3 is 0 Å². The van der Waals surface area contributed by atoms with Gasteiger partial charge in [-0.15, -0.1) is 0 Å². The molecule has 0 bridgehead atoms. The number of thioether (sulfide) groups is 1. The summed E-state index contributed by atoms with van der Waals surface area (Å²) in [6.07, 6.45) is 1.09. The zero-order valence-corrected chi connectivity index (χ0v) is 8.29. The Labute approximate surface area is 68.8 Å². The van der Waals surface area contributed by atoms with Crippen molar-refractivity contribution >= 4 is 11.8 Å². The van der Waals surface area contributed by atoms with Crippen molar-refractivity contribution in [3.63, 3.8) is 0 Å². The zero-order chi connectivity index (χ0) is 8.20. The fraction of sp³-hybridized carbons (Fsp3) is 1.00. The first kappa shape index (κ1) is 10.3. The van der Waals surface area contributed by atoms with E-state index in [4.69, 9.17) is 5.73 Å². The molecule has 0 spiro atoms. The zero-order valence-electron chi connectivity index (χ0n) is 7.48. The highest BCUT2D eigenvalue weighted by Gasteiger charge is 2.11.